The van der Waals surface area contributed by atoms with Gasteiger partial charge in [0.1, 0.15) is 11.4 Å². The van der Waals surface area contributed by atoms with Crippen molar-refractivity contribution in [1.29, 1.82) is 0 Å². The van der Waals surface area contributed by atoms with Gasteiger partial charge in [-0.25, -0.2) is 8.42 Å². The number of benzene rings is 1. The first-order chi connectivity index (χ1) is 11.7. The standard InChI is InChI=1S/C18H29NO5S/c1-14(2)24-12-13-25(21,22)19-11-5-6-17(19)18(3,20)15-7-9-16(23-4)10-8-15/h7-10,14,17,20H,5-6,11-13H2,1-4H3. The van der Waals surface area contributed by atoms with E-state index in [4.69, 9.17) is 9.47 Å². The summed E-state index contributed by atoms with van der Waals surface area (Å²) in [7, 11) is -1.90. The maximum absolute atomic E-state index is 12.7. The lowest BCUT2D eigenvalue weighted by Crippen LogP contribution is -2.49. The lowest BCUT2D eigenvalue weighted by atomic mass is 9.87. The molecule has 142 valence electrons. The fourth-order valence-electron chi connectivity index (χ4n) is 3.26. The molecule has 0 amide bonds. The number of nitrogens with zero attached hydrogens (tertiary/aromatic N) is 1. The maximum atomic E-state index is 12.7. The average Bonchev–Trinajstić information content (AvgIpc) is 3.06. The molecule has 2 unspecified atom stereocenters. The first-order valence-corrected chi connectivity index (χ1v) is 10.3. The summed E-state index contributed by atoms with van der Waals surface area (Å²) in [5.41, 5.74) is -0.590. The van der Waals surface area contributed by atoms with Crippen LogP contribution in [-0.2, 0) is 20.4 Å². The monoisotopic (exact) mass is 371 g/mol. The zero-order valence-electron chi connectivity index (χ0n) is 15.4. The Bertz CT molecular complexity index is 655. The molecule has 1 aromatic rings. The van der Waals surface area contributed by atoms with Gasteiger partial charge in [0.05, 0.1) is 31.6 Å². The molecule has 25 heavy (non-hydrogen) atoms. The predicted octanol–water partition coefficient (Wildman–Crippen LogP) is 2.12. The number of sulfonamides is 1. The van der Waals surface area contributed by atoms with Crippen LogP contribution in [0.15, 0.2) is 24.3 Å². The van der Waals surface area contributed by atoms with Crippen molar-refractivity contribution in [2.24, 2.45) is 0 Å². The second kappa shape index (κ2) is 8.03. The van der Waals surface area contributed by atoms with Crippen LogP contribution < -0.4 is 4.74 Å². The van der Waals surface area contributed by atoms with Crippen LogP contribution in [0.5, 0.6) is 5.75 Å². The Labute approximate surface area is 150 Å². The molecule has 0 aromatic heterocycles. The quantitative estimate of drug-likeness (QED) is 0.757. The van der Waals surface area contributed by atoms with Crippen molar-refractivity contribution in [3.63, 3.8) is 0 Å². The highest BCUT2D eigenvalue weighted by atomic mass is 32.2. The van der Waals surface area contributed by atoms with Crippen molar-refractivity contribution in [2.45, 2.75) is 51.4 Å². The van der Waals surface area contributed by atoms with E-state index in [0.29, 0.717) is 24.3 Å². The number of ether oxygens (including phenoxy) is 2. The molecule has 6 nitrogen and oxygen atoms in total. The van der Waals surface area contributed by atoms with Crippen LogP contribution in [0.2, 0.25) is 0 Å². The lowest BCUT2D eigenvalue weighted by Gasteiger charge is -2.36. The average molecular weight is 371 g/mol. The molecule has 7 heteroatoms. The van der Waals surface area contributed by atoms with Crippen LogP contribution >= 0.6 is 0 Å². The molecular weight excluding hydrogens is 342 g/mol. The van der Waals surface area contributed by atoms with Gasteiger partial charge in [-0.15, -0.1) is 0 Å². The Morgan fingerprint density at radius 2 is 1.96 bits per heavy atom. The summed E-state index contributed by atoms with van der Waals surface area (Å²) < 4.78 is 37.4. The highest BCUT2D eigenvalue weighted by molar-refractivity contribution is 7.89. The number of aliphatic hydroxyl groups is 1. The molecule has 1 aliphatic rings. The van der Waals surface area contributed by atoms with Gasteiger partial charge in [0, 0.05) is 6.54 Å². The van der Waals surface area contributed by atoms with E-state index in [1.807, 2.05) is 13.8 Å². The van der Waals surface area contributed by atoms with Gasteiger partial charge in [0.2, 0.25) is 10.0 Å². The number of methoxy groups -OCH3 is 1. The van der Waals surface area contributed by atoms with Gasteiger partial charge in [-0.05, 0) is 51.3 Å². The molecule has 0 bridgehead atoms. The summed E-state index contributed by atoms with van der Waals surface area (Å²) in [6.45, 7) is 6.02. The molecule has 2 rings (SSSR count). The fraction of sp³-hybridized carbons (Fsp3) is 0.667. The highest BCUT2D eigenvalue weighted by Crippen LogP contribution is 2.36. The van der Waals surface area contributed by atoms with Gasteiger partial charge >= 0.3 is 0 Å². The molecule has 1 fully saturated rings. The predicted molar refractivity (Wildman–Crippen MR) is 97.2 cm³/mol. The number of hydrogen-bond donors (Lipinski definition) is 1. The van der Waals surface area contributed by atoms with Crippen LogP contribution in [0, 0.1) is 0 Å². The van der Waals surface area contributed by atoms with Gasteiger partial charge in [0.15, 0.2) is 0 Å². The third kappa shape index (κ3) is 4.73. The summed E-state index contributed by atoms with van der Waals surface area (Å²) in [5, 5.41) is 11.1. The minimum absolute atomic E-state index is 0.00742. The third-order valence-corrected chi connectivity index (χ3v) is 6.51. The molecule has 1 aliphatic heterocycles. The number of hydrogen-bond acceptors (Lipinski definition) is 5. The third-order valence-electron chi connectivity index (χ3n) is 4.68. The van der Waals surface area contributed by atoms with E-state index in [0.717, 1.165) is 6.42 Å². The molecule has 0 saturated carbocycles. The van der Waals surface area contributed by atoms with Gasteiger partial charge in [-0.1, -0.05) is 12.1 Å². The second-order valence-electron chi connectivity index (χ2n) is 6.88. The van der Waals surface area contributed by atoms with Crippen LogP contribution in [0.3, 0.4) is 0 Å². The van der Waals surface area contributed by atoms with Crippen molar-refractivity contribution in [3.8, 4) is 5.75 Å². The van der Waals surface area contributed by atoms with Crippen molar-refractivity contribution in [3.05, 3.63) is 29.8 Å². The Balaban J connectivity index is 2.18. The van der Waals surface area contributed by atoms with Crippen LogP contribution in [0.4, 0.5) is 0 Å². The van der Waals surface area contributed by atoms with E-state index in [1.54, 1.807) is 38.3 Å². The lowest BCUT2D eigenvalue weighted by molar-refractivity contribution is -0.000986. The van der Waals surface area contributed by atoms with E-state index < -0.39 is 21.7 Å². The molecule has 1 heterocycles. The smallest absolute Gasteiger partial charge is 0.216 e. The van der Waals surface area contributed by atoms with Gasteiger partial charge in [-0.3, -0.25) is 0 Å². The van der Waals surface area contributed by atoms with E-state index >= 15 is 0 Å². The van der Waals surface area contributed by atoms with E-state index in [2.05, 4.69) is 0 Å². The van der Waals surface area contributed by atoms with Crippen molar-refractivity contribution < 1.29 is 23.0 Å². The molecule has 2 atom stereocenters. The first kappa shape index (κ1) is 20.2. The molecule has 0 radical (unpaired) electrons. The summed E-state index contributed by atoms with van der Waals surface area (Å²) in [4.78, 5) is 0. The van der Waals surface area contributed by atoms with E-state index in [-0.39, 0.29) is 18.5 Å². The van der Waals surface area contributed by atoms with Crippen molar-refractivity contribution in [1.82, 2.24) is 4.31 Å². The van der Waals surface area contributed by atoms with E-state index in [9.17, 15) is 13.5 Å². The SMILES string of the molecule is COc1ccc(C(C)(O)C2CCCN2S(=O)(=O)CCOC(C)C)cc1. The Morgan fingerprint density at radius 3 is 2.52 bits per heavy atom. The molecule has 1 N–H and O–H groups in total. The van der Waals surface area contributed by atoms with Gasteiger partial charge in [0.25, 0.3) is 0 Å². The summed E-state index contributed by atoms with van der Waals surface area (Å²) >= 11 is 0. The minimum atomic E-state index is -3.49. The number of rotatable bonds is 8. The Kier molecular flexibility index (Phi) is 6.48. The zero-order chi connectivity index (χ0) is 18.7. The Hall–Kier alpha value is -1.15. The Morgan fingerprint density at radius 1 is 1.32 bits per heavy atom. The fourth-order valence-corrected chi connectivity index (χ4v) is 4.91. The van der Waals surface area contributed by atoms with Crippen LogP contribution in [0.25, 0.3) is 0 Å². The summed E-state index contributed by atoms with van der Waals surface area (Å²) in [5.74, 6) is 0.627. The van der Waals surface area contributed by atoms with Crippen molar-refractivity contribution >= 4 is 10.0 Å². The molecule has 0 spiro atoms. The van der Waals surface area contributed by atoms with Gasteiger partial charge < -0.3 is 14.6 Å². The minimum Gasteiger partial charge on any atom is -0.497 e. The van der Waals surface area contributed by atoms with E-state index in [1.165, 1.54) is 4.31 Å². The maximum Gasteiger partial charge on any atom is 0.216 e. The molecular formula is C18H29NO5S. The van der Waals surface area contributed by atoms with Crippen LogP contribution in [0.1, 0.15) is 39.2 Å². The first-order valence-electron chi connectivity index (χ1n) is 8.66. The second-order valence-corrected chi connectivity index (χ2v) is 8.92. The summed E-state index contributed by atoms with van der Waals surface area (Å²) in [6, 6.07) is 6.63. The molecule has 0 aliphatic carbocycles. The zero-order valence-corrected chi connectivity index (χ0v) is 16.3. The summed E-state index contributed by atoms with van der Waals surface area (Å²) in [6.07, 6.45) is 1.36. The van der Waals surface area contributed by atoms with Gasteiger partial charge in [-0.2, -0.15) is 4.31 Å². The molecule has 1 aromatic carbocycles. The highest BCUT2D eigenvalue weighted by Gasteiger charge is 2.45. The molecule has 1 saturated heterocycles. The largest absolute Gasteiger partial charge is 0.497 e. The topological polar surface area (TPSA) is 76.1 Å². The normalized spacial score (nSPS) is 21.4. The van der Waals surface area contributed by atoms with Crippen LogP contribution in [-0.4, -0.2) is 56.0 Å². The van der Waals surface area contributed by atoms with Crippen molar-refractivity contribution in [2.75, 3.05) is 26.0 Å².